The number of hydrogen-bond acceptors (Lipinski definition) is 2. The van der Waals surface area contributed by atoms with Crippen LogP contribution < -0.4 is 9.47 Å². The molecule has 0 spiro atoms. The van der Waals surface area contributed by atoms with E-state index in [2.05, 4.69) is 96.1 Å². The van der Waals surface area contributed by atoms with E-state index in [1.807, 2.05) is 0 Å². The summed E-state index contributed by atoms with van der Waals surface area (Å²) < 4.78 is 16.4. The Morgan fingerprint density at radius 1 is 0.458 bits per heavy atom. The van der Waals surface area contributed by atoms with Crippen molar-refractivity contribution in [2.45, 2.75) is 155 Å². The Labute approximate surface area is 294 Å². The van der Waals surface area contributed by atoms with Gasteiger partial charge in [-0.05, 0) is 73.5 Å². The maximum Gasteiger partial charge on any atom is 0.126 e. The fourth-order valence-corrected chi connectivity index (χ4v) is 6.66. The third-order valence-electron chi connectivity index (χ3n) is 9.68. The minimum atomic E-state index is 0.847. The van der Waals surface area contributed by atoms with Crippen molar-refractivity contribution >= 4 is 24.3 Å². The molecular weight excluding hydrogens is 588 g/mol. The molecule has 0 N–H and O–H groups in total. The number of unbranched alkanes of at least 4 members (excludes halogenated alkanes) is 18. The smallest absolute Gasteiger partial charge is 0.126 e. The fraction of sp³-hybridized carbons (Fsp3) is 0.591. The van der Waals surface area contributed by atoms with E-state index in [1.165, 1.54) is 140 Å². The average Bonchev–Trinajstić information content (AvgIpc) is 3.76. The summed E-state index contributed by atoms with van der Waals surface area (Å²) in [7, 11) is 3.50. The van der Waals surface area contributed by atoms with Crippen LogP contribution in [0.1, 0.15) is 165 Å². The van der Waals surface area contributed by atoms with Crippen LogP contribution >= 0.6 is 0 Å². The molecule has 0 unspecified atom stereocenters. The van der Waals surface area contributed by atoms with Gasteiger partial charge in [0, 0.05) is 48.0 Å². The first-order chi connectivity index (χ1) is 23.7. The quantitative estimate of drug-likeness (QED) is 0.0728. The van der Waals surface area contributed by atoms with Crippen molar-refractivity contribution in [2.24, 2.45) is 0 Å². The number of benzene rings is 1. The van der Waals surface area contributed by atoms with Crippen molar-refractivity contribution in [1.82, 2.24) is 9.13 Å². The van der Waals surface area contributed by atoms with Gasteiger partial charge >= 0.3 is 0 Å². The van der Waals surface area contributed by atoms with Crippen LogP contribution in [-0.4, -0.2) is 23.4 Å². The maximum atomic E-state index is 5.85. The molecule has 1 aromatic carbocycles. The molecule has 0 amide bonds. The first-order valence-corrected chi connectivity index (χ1v) is 19.6. The van der Waals surface area contributed by atoms with Gasteiger partial charge in [-0.1, -0.05) is 129 Å². The lowest BCUT2D eigenvalue weighted by molar-refractivity contribution is 0.401. The second-order valence-corrected chi connectivity index (χ2v) is 13.6. The van der Waals surface area contributed by atoms with Gasteiger partial charge in [0.1, 0.15) is 11.5 Å². The standard InChI is InChI=1S/C44H68N2O2/c1-5-7-9-11-13-15-17-19-21-23-33-45-35-25-27-41(45)31-29-39-37-44(48-4)40(38-43(39)47-3)30-32-42-28-26-36-46(42)34-24-22-20-18-16-14-12-10-8-6-2/h25-32,35-38H,5-24,33-34H2,1-4H3/b31-29+,32-30+. The molecule has 0 atom stereocenters. The maximum absolute atomic E-state index is 5.85. The molecule has 0 aliphatic rings. The number of rotatable bonds is 28. The summed E-state index contributed by atoms with van der Waals surface area (Å²) in [6.07, 6.45) is 40.3. The molecule has 0 fully saturated rings. The van der Waals surface area contributed by atoms with Crippen LogP contribution in [0.5, 0.6) is 11.5 Å². The summed E-state index contributed by atoms with van der Waals surface area (Å²) in [4.78, 5) is 0. The molecule has 0 aliphatic carbocycles. The normalized spacial score (nSPS) is 11.8. The summed E-state index contributed by atoms with van der Waals surface area (Å²) >= 11 is 0. The van der Waals surface area contributed by atoms with Crippen molar-refractivity contribution in [3.05, 3.63) is 71.3 Å². The van der Waals surface area contributed by atoms with Crippen LogP contribution in [0.3, 0.4) is 0 Å². The lowest BCUT2D eigenvalue weighted by Gasteiger charge is -2.12. The van der Waals surface area contributed by atoms with Crippen LogP contribution in [0.25, 0.3) is 24.3 Å². The highest BCUT2D eigenvalue weighted by atomic mass is 16.5. The van der Waals surface area contributed by atoms with Crippen LogP contribution in [0.4, 0.5) is 0 Å². The largest absolute Gasteiger partial charge is 0.496 e. The number of aryl methyl sites for hydroxylation is 2. The zero-order valence-electron chi connectivity index (χ0n) is 31.2. The summed E-state index contributed by atoms with van der Waals surface area (Å²) in [5, 5.41) is 0. The minimum Gasteiger partial charge on any atom is -0.496 e. The Kier molecular flexibility index (Phi) is 20.4. The Hall–Kier alpha value is -3.14. The van der Waals surface area contributed by atoms with Crippen molar-refractivity contribution in [1.29, 1.82) is 0 Å². The zero-order chi connectivity index (χ0) is 34.1. The van der Waals surface area contributed by atoms with Crippen LogP contribution in [0, 0.1) is 0 Å². The van der Waals surface area contributed by atoms with E-state index in [0.717, 1.165) is 35.7 Å². The molecule has 0 aliphatic heterocycles. The molecule has 0 saturated heterocycles. The van der Waals surface area contributed by atoms with E-state index < -0.39 is 0 Å². The van der Waals surface area contributed by atoms with E-state index in [9.17, 15) is 0 Å². The predicted molar refractivity (Wildman–Crippen MR) is 210 cm³/mol. The first-order valence-electron chi connectivity index (χ1n) is 19.6. The Morgan fingerprint density at radius 2 is 0.792 bits per heavy atom. The second kappa shape index (κ2) is 24.9. The van der Waals surface area contributed by atoms with Crippen molar-refractivity contribution in [2.75, 3.05) is 14.2 Å². The third kappa shape index (κ3) is 15.0. The summed E-state index contributed by atoms with van der Waals surface area (Å²) in [6, 6.07) is 12.9. The minimum absolute atomic E-state index is 0.847. The molecule has 3 aromatic rings. The number of ether oxygens (including phenoxy) is 2. The summed E-state index contributed by atoms with van der Waals surface area (Å²) in [5.41, 5.74) is 4.48. The van der Waals surface area contributed by atoms with Gasteiger partial charge < -0.3 is 18.6 Å². The molecule has 2 aromatic heterocycles. The number of nitrogens with zero attached hydrogens (tertiary/aromatic N) is 2. The van der Waals surface area contributed by atoms with Crippen LogP contribution in [0.15, 0.2) is 48.8 Å². The van der Waals surface area contributed by atoms with Crippen molar-refractivity contribution in [3.63, 3.8) is 0 Å². The summed E-state index contributed by atoms with van der Waals surface area (Å²) in [6.45, 7) is 6.70. The second-order valence-electron chi connectivity index (χ2n) is 13.6. The molecule has 266 valence electrons. The Balaban J connectivity index is 1.49. The highest BCUT2D eigenvalue weighted by Crippen LogP contribution is 2.32. The van der Waals surface area contributed by atoms with Crippen LogP contribution in [-0.2, 0) is 13.1 Å². The third-order valence-corrected chi connectivity index (χ3v) is 9.68. The van der Waals surface area contributed by atoms with Gasteiger partial charge in [-0.25, -0.2) is 0 Å². The van der Waals surface area contributed by atoms with E-state index in [0.29, 0.717) is 0 Å². The van der Waals surface area contributed by atoms with Gasteiger partial charge in [0.05, 0.1) is 14.2 Å². The number of hydrogen-bond donors (Lipinski definition) is 0. The molecule has 4 heteroatoms. The zero-order valence-corrected chi connectivity index (χ0v) is 31.2. The van der Waals surface area contributed by atoms with Gasteiger partial charge in [-0.3, -0.25) is 0 Å². The SMILES string of the molecule is CCCCCCCCCCCCn1cccc1/C=C/c1cc(OC)c(/C=C/c2cccn2CCCCCCCCCCCC)cc1OC. The van der Waals surface area contributed by atoms with Crippen molar-refractivity contribution < 1.29 is 9.47 Å². The van der Waals surface area contributed by atoms with E-state index >= 15 is 0 Å². The molecule has 4 nitrogen and oxygen atoms in total. The highest BCUT2D eigenvalue weighted by molar-refractivity contribution is 5.78. The summed E-state index contributed by atoms with van der Waals surface area (Å²) in [5.74, 6) is 1.69. The monoisotopic (exact) mass is 657 g/mol. The first kappa shape index (κ1) is 39.3. The Morgan fingerprint density at radius 3 is 1.12 bits per heavy atom. The molecule has 3 rings (SSSR count). The fourth-order valence-electron chi connectivity index (χ4n) is 6.66. The van der Waals surface area contributed by atoms with Crippen LogP contribution in [0.2, 0.25) is 0 Å². The molecule has 0 bridgehead atoms. The average molecular weight is 657 g/mol. The van der Waals surface area contributed by atoms with Gasteiger partial charge in [0.15, 0.2) is 0 Å². The van der Waals surface area contributed by atoms with Gasteiger partial charge in [0.2, 0.25) is 0 Å². The van der Waals surface area contributed by atoms with E-state index in [4.69, 9.17) is 9.47 Å². The van der Waals surface area contributed by atoms with Gasteiger partial charge in [0.25, 0.3) is 0 Å². The molecule has 2 heterocycles. The predicted octanol–water partition coefficient (Wildman–Crippen LogP) is 13.5. The van der Waals surface area contributed by atoms with Crippen molar-refractivity contribution in [3.8, 4) is 11.5 Å². The Bertz CT molecular complexity index is 1200. The topological polar surface area (TPSA) is 28.3 Å². The molecule has 0 saturated carbocycles. The lowest BCUT2D eigenvalue weighted by Crippen LogP contribution is -1.99. The van der Waals surface area contributed by atoms with Gasteiger partial charge in [-0.2, -0.15) is 0 Å². The van der Waals surface area contributed by atoms with E-state index in [-0.39, 0.29) is 0 Å². The number of methoxy groups -OCH3 is 2. The molecule has 0 radical (unpaired) electrons. The molecule has 48 heavy (non-hydrogen) atoms. The lowest BCUT2D eigenvalue weighted by atomic mass is 10.1. The molecular formula is C44H68N2O2. The van der Waals surface area contributed by atoms with Gasteiger partial charge in [-0.15, -0.1) is 0 Å². The highest BCUT2D eigenvalue weighted by Gasteiger charge is 2.09. The van der Waals surface area contributed by atoms with E-state index in [1.54, 1.807) is 14.2 Å². The number of aromatic nitrogens is 2.